The molecule has 0 saturated heterocycles. The largest absolute Gasteiger partial charge is 0.395 e. The van der Waals surface area contributed by atoms with Crippen LogP contribution in [0.5, 0.6) is 0 Å². The minimum Gasteiger partial charge on any atom is -0.395 e. The first-order valence-corrected chi connectivity index (χ1v) is 38.9. The Morgan fingerprint density at radius 1 is 0.411 bits per heavy atom. The predicted octanol–water partition coefficient (Wildman–Crippen LogP) is 20.1. The van der Waals surface area contributed by atoms with Crippen LogP contribution < -0.4 is 16.8 Å². The monoisotopic (exact) mass is 1500 g/mol. The Morgan fingerprint density at radius 2 is 0.701 bits per heavy atom. The maximum absolute atomic E-state index is 9.82. The van der Waals surface area contributed by atoms with Gasteiger partial charge in [-0.25, -0.2) is 0 Å². The van der Waals surface area contributed by atoms with Crippen LogP contribution in [0.3, 0.4) is 0 Å². The Labute approximate surface area is 671 Å². The maximum atomic E-state index is 9.82. The van der Waals surface area contributed by atoms with Gasteiger partial charge in [-0.05, 0) is 314 Å². The van der Waals surface area contributed by atoms with Crippen LogP contribution in [0.4, 0.5) is 0 Å². The molecule has 10 N–H and O–H groups in total. The first-order chi connectivity index (χ1) is 46.5. The molecule has 0 spiro atoms. The van der Waals surface area contributed by atoms with Gasteiger partial charge >= 0.3 is 0 Å². The number of nitrogens with two attached hydrogens (primary N) is 2. The Kier molecular flexibility index (Phi) is 63.3. The third-order valence-corrected chi connectivity index (χ3v) is 11.8. The average molecular weight is 1500 g/mol. The van der Waals surface area contributed by atoms with Crippen molar-refractivity contribution in [2.45, 2.75) is 366 Å². The summed E-state index contributed by atoms with van der Waals surface area (Å²) in [5, 5.41) is 49.8. The van der Waals surface area contributed by atoms with Gasteiger partial charge in [0.2, 0.25) is 0 Å². The summed E-state index contributed by atoms with van der Waals surface area (Å²) in [6.45, 7) is 101. The SMILES string of the molecule is C=CC(C)(C)C.CC(C)(C)C#CC(C)(C)C.CC(C)(C)C#CC(C)(C)CO.CC(C)(C)C#CC(C)(C)N.CC(C)(C)C#C[C@@H](N)CO.CC(C)C(C)(O)C#CC(C)(C)C.CC(C)C(O)C#CC(C)(C)C.CCC(O)(C#CC(C)(C)C)CC.CN(C)CC#CC(C)(C)C.CN(C)CCNC(C)(C)C#CC(C)(C)C. The van der Waals surface area contributed by atoms with Crippen LogP contribution >= 0.6 is 0 Å². The number of hydrogen-bond donors (Lipinski definition) is 8. The molecule has 624 valence electrons. The van der Waals surface area contributed by atoms with Gasteiger partial charge in [-0.2, -0.15) is 0 Å². The Bertz CT molecular complexity index is 2840. The van der Waals surface area contributed by atoms with Crippen LogP contribution in [-0.2, 0) is 0 Å². The summed E-state index contributed by atoms with van der Waals surface area (Å²) in [5.41, 5.74) is 9.56. The number of rotatable bonds is 11. The summed E-state index contributed by atoms with van der Waals surface area (Å²) in [5.74, 6) is 55.4. The summed E-state index contributed by atoms with van der Waals surface area (Å²) < 4.78 is 0. The lowest BCUT2D eigenvalue weighted by molar-refractivity contribution is 0.0722. The third-order valence-electron chi connectivity index (χ3n) is 11.8. The van der Waals surface area contributed by atoms with Crippen molar-refractivity contribution < 1.29 is 25.5 Å². The standard InChI is InChI=1S/C13H26N2.2C11H20O.2C10H18O.C10H18.2C9H17N.C8H15NO.C6H12/c1-12(2,3)8-9-13(4,5)14-10-11-15(6)7;1-9(2)11(6,12)8-7-10(3,4)5;1-6-11(12,7-2)9-8-10(3,4)5;1-9(2,3)6-7-10(4,5)8-11;1-8(2)9(11)6-7-10(3,4)5;1-9(2,3)7-8-10(4,5)6;1-9(2,3)7-6-8-10(4)5;1-8(2,3)6-7-9(4,5)10;1-8(2,3)5-4-7(9)6-10;1-5-6(2,3)4/h14H,10-11H2,1-7H3;9,12H,1-6H3;12H,6-7H2,1-5H3;11H,8H2,1-5H3;8-9,11H,1-5H3;1-6H3;8H2,1-5H3;10H2,1-5H3;7,10H,6,9H2,1-3H3;5H,1H2,2-4H3/t;;;;;;;;7-;/m........1./s1. The fourth-order valence-corrected chi connectivity index (χ4v) is 4.56. The molecule has 0 rings (SSSR count). The molecule has 0 aromatic carbocycles. The average Bonchev–Trinajstić information content (AvgIpc) is 0.899. The maximum Gasteiger partial charge on any atom is 0.125 e. The lowest BCUT2D eigenvalue weighted by atomic mass is 9.90. The Balaban J connectivity index is -0.000000123. The van der Waals surface area contributed by atoms with E-state index < -0.39 is 17.3 Å². The van der Waals surface area contributed by atoms with Gasteiger partial charge in [-0.3, -0.25) is 4.90 Å². The molecule has 0 saturated carbocycles. The van der Waals surface area contributed by atoms with E-state index in [0.717, 1.165) is 19.6 Å². The number of allylic oxidation sites excluding steroid dienone is 1. The molecule has 0 aliphatic rings. The number of nitrogens with one attached hydrogen (secondary N) is 1. The van der Waals surface area contributed by atoms with Gasteiger partial charge in [-0.1, -0.05) is 175 Å². The van der Waals surface area contributed by atoms with Crippen molar-refractivity contribution >= 4 is 0 Å². The summed E-state index contributed by atoms with van der Waals surface area (Å²) in [4.78, 5) is 4.24. The van der Waals surface area contributed by atoms with E-state index in [4.69, 9.17) is 21.7 Å². The second-order valence-electron chi connectivity index (χ2n) is 42.3. The smallest absolute Gasteiger partial charge is 0.125 e. The summed E-state index contributed by atoms with van der Waals surface area (Å²) in [6, 6.07) is -0.390. The van der Waals surface area contributed by atoms with E-state index in [9.17, 15) is 15.3 Å². The zero-order chi connectivity index (χ0) is 88.6. The topological polar surface area (TPSA) is 172 Å². The van der Waals surface area contributed by atoms with E-state index in [1.54, 1.807) is 6.92 Å². The minimum absolute atomic E-state index is 0.00410. The van der Waals surface area contributed by atoms with E-state index in [1.807, 2.05) is 172 Å². The van der Waals surface area contributed by atoms with Crippen LogP contribution in [0.25, 0.3) is 0 Å². The van der Waals surface area contributed by atoms with Gasteiger partial charge < -0.3 is 47.2 Å². The molecule has 0 aromatic rings. The van der Waals surface area contributed by atoms with Gasteiger partial charge in [0.1, 0.15) is 17.3 Å². The van der Waals surface area contributed by atoms with Crippen LogP contribution in [0, 0.1) is 183 Å². The number of likely N-dealkylation sites (N-methyl/N-ethyl adjacent to an activating group) is 1. The lowest BCUT2D eigenvalue weighted by Crippen LogP contribution is -2.41. The van der Waals surface area contributed by atoms with Gasteiger partial charge in [-0.15, -0.1) is 6.58 Å². The predicted molar refractivity (Wildman–Crippen MR) is 479 cm³/mol. The quantitative estimate of drug-likeness (QED) is 0.0735. The van der Waals surface area contributed by atoms with Gasteiger partial charge in [0.25, 0.3) is 0 Å². The molecule has 0 aliphatic carbocycles. The first-order valence-electron chi connectivity index (χ1n) is 38.9. The molecular formula is C97H181N5O5. The van der Waals surface area contributed by atoms with Gasteiger partial charge in [0.05, 0.1) is 36.9 Å². The van der Waals surface area contributed by atoms with Crippen LogP contribution in [0.15, 0.2) is 12.7 Å². The van der Waals surface area contributed by atoms with E-state index in [1.165, 1.54) is 0 Å². The van der Waals surface area contributed by atoms with Crippen molar-refractivity contribution in [1.82, 2.24) is 15.1 Å². The molecule has 0 heterocycles. The van der Waals surface area contributed by atoms with Crippen molar-refractivity contribution in [3.63, 3.8) is 0 Å². The highest BCUT2D eigenvalue weighted by Gasteiger charge is 2.23. The highest BCUT2D eigenvalue weighted by molar-refractivity contribution is 5.21. The molecule has 2 unspecified atom stereocenters. The van der Waals surface area contributed by atoms with Crippen LogP contribution in [0.2, 0.25) is 0 Å². The fraction of sp³-hybridized carbons (Fsp3) is 0.794. The van der Waals surface area contributed by atoms with Crippen molar-refractivity contribution in [1.29, 1.82) is 0 Å². The van der Waals surface area contributed by atoms with Crippen molar-refractivity contribution in [3.05, 3.63) is 12.7 Å². The number of aliphatic hydroxyl groups excluding tert-OH is 3. The Hall–Kier alpha value is -4.62. The van der Waals surface area contributed by atoms with E-state index in [-0.39, 0.29) is 102 Å². The lowest BCUT2D eigenvalue weighted by Gasteiger charge is -2.22. The van der Waals surface area contributed by atoms with Gasteiger partial charge in [0, 0.05) is 72.7 Å². The molecule has 3 atom stereocenters. The normalized spacial score (nSPS) is 12.9. The molecule has 10 nitrogen and oxygen atoms in total. The second-order valence-corrected chi connectivity index (χ2v) is 42.3. The Morgan fingerprint density at radius 3 is 0.944 bits per heavy atom. The van der Waals surface area contributed by atoms with Crippen molar-refractivity contribution in [3.8, 4) is 107 Å². The molecule has 0 aliphatic heterocycles. The minimum atomic E-state index is -0.854. The third kappa shape index (κ3) is 131. The molecule has 0 fully saturated rings. The van der Waals surface area contributed by atoms with Crippen molar-refractivity contribution in [2.75, 3.05) is 61.0 Å². The molecule has 0 aromatic heterocycles. The summed E-state index contributed by atoms with van der Waals surface area (Å²) in [7, 11) is 8.21. The van der Waals surface area contributed by atoms with E-state index in [2.05, 4.69) is 302 Å². The number of hydrogen-bond acceptors (Lipinski definition) is 10. The first kappa shape index (κ1) is 123. The molecule has 0 amide bonds. The zero-order valence-corrected chi connectivity index (χ0v) is 80.3. The molecule has 107 heavy (non-hydrogen) atoms. The highest BCUT2D eigenvalue weighted by atomic mass is 16.3. The number of aliphatic hydroxyl groups is 5. The molecule has 0 radical (unpaired) electrons. The molecule has 0 bridgehead atoms. The van der Waals surface area contributed by atoms with Crippen LogP contribution in [-0.4, -0.2) is 131 Å². The van der Waals surface area contributed by atoms with Crippen molar-refractivity contribution in [2.24, 2.45) is 88.3 Å². The molecular weight excluding hydrogens is 1320 g/mol. The number of nitrogens with zero attached hydrogens (tertiary/aromatic N) is 2. The highest BCUT2D eigenvalue weighted by Crippen LogP contribution is 2.21. The summed E-state index contributed by atoms with van der Waals surface area (Å²) in [6.07, 6.45) is 2.86. The van der Waals surface area contributed by atoms with E-state index >= 15 is 0 Å². The second kappa shape index (κ2) is 54.9. The zero-order valence-electron chi connectivity index (χ0n) is 80.3. The van der Waals surface area contributed by atoms with E-state index in [0.29, 0.717) is 18.3 Å². The summed E-state index contributed by atoms with van der Waals surface area (Å²) >= 11 is 0. The fourth-order valence-electron chi connectivity index (χ4n) is 4.56. The van der Waals surface area contributed by atoms with Gasteiger partial charge in [0.15, 0.2) is 0 Å². The van der Waals surface area contributed by atoms with Crippen LogP contribution in [0.1, 0.15) is 331 Å². The molecule has 10 heteroatoms.